The number of aryl methyl sites for hydroxylation is 1. The first-order valence-corrected chi connectivity index (χ1v) is 12.3. The van der Waals surface area contributed by atoms with Crippen molar-refractivity contribution in [3.8, 4) is 33.6 Å². The van der Waals surface area contributed by atoms with Crippen molar-refractivity contribution in [2.45, 2.75) is 6.85 Å². The van der Waals surface area contributed by atoms with Crippen LogP contribution >= 0.6 is 0 Å². The van der Waals surface area contributed by atoms with Crippen molar-refractivity contribution in [2.75, 3.05) is 0 Å². The van der Waals surface area contributed by atoms with Crippen LogP contribution in [0.15, 0.2) is 132 Å². The van der Waals surface area contributed by atoms with E-state index >= 15 is 0 Å². The van der Waals surface area contributed by atoms with Gasteiger partial charge >= 0.3 is 0 Å². The van der Waals surface area contributed by atoms with E-state index in [0.29, 0.717) is 0 Å². The Kier molecular flexibility index (Phi) is 6.95. The van der Waals surface area contributed by atoms with Gasteiger partial charge in [0.25, 0.3) is 0 Å². The van der Waals surface area contributed by atoms with Crippen molar-refractivity contribution in [1.82, 2.24) is 9.97 Å². The molecule has 4 aromatic carbocycles. The molecule has 191 valence electrons. The monoisotopic (exact) mass is 684 g/mol. The van der Waals surface area contributed by atoms with Gasteiger partial charge in [0.2, 0.25) is 0 Å². The Morgan fingerprint density at radius 3 is 2.26 bits per heavy atom. The van der Waals surface area contributed by atoms with Gasteiger partial charge in [-0.1, -0.05) is 83.7 Å². The summed E-state index contributed by atoms with van der Waals surface area (Å²) in [5, 5.41) is 2.20. The minimum atomic E-state index is -2.09. The van der Waals surface area contributed by atoms with Crippen molar-refractivity contribution in [2.24, 2.45) is 0 Å². The van der Waals surface area contributed by atoms with Crippen LogP contribution in [0.3, 0.4) is 0 Å². The summed E-state index contributed by atoms with van der Waals surface area (Å²) in [6.45, 7) is -2.09. The third-order valence-electron chi connectivity index (χ3n) is 6.21. The molecule has 4 heteroatoms. The molecule has 1 radical (unpaired) electrons. The van der Waals surface area contributed by atoms with Crippen LogP contribution in [0.2, 0.25) is 0 Å². The second kappa shape index (κ2) is 12.0. The molecule has 3 heterocycles. The van der Waals surface area contributed by atoms with E-state index < -0.39 is 6.85 Å². The van der Waals surface area contributed by atoms with Crippen LogP contribution in [-0.2, 0) is 20.1 Å². The molecule has 0 N–H and O–H groups in total. The van der Waals surface area contributed by atoms with Gasteiger partial charge in [-0.15, -0.1) is 54.1 Å². The Balaban J connectivity index is 0.000000181. The number of nitrogens with zero attached hydrogens (tertiary/aromatic N) is 2. The molecule has 0 atom stereocenters. The maximum atomic E-state index is 7.23. The van der Waals surface area contributed by atoms with Crippen LogP contribution in [0.25, 0.3) is 55.6 Å². The van der Waals surface area contributed by atoms with Crippen LogP contribution in [0.4, 0.5) is 0 Å². The van der Waals surface area contributed by atoms with E-state index in [1.54, 1.807) is 24.4 Å². The van der Waals surface area contributed by atoms with Crippen molar-refractivity contribution in [1.29, 1.82) is 0 Å². The van der Waals surface area contributed by atoms with Crippen LogP contribution in [-0.4, -0.2) is 9.97 Å². The van der Waals surface area contributed by atoms with Gasteiger partial charge in [0.1, 0.15) is 5.58 Å². The van der Waals surface area contributed by atoms with Crippen molar-refractivity contribution < 1.29 is 28.6 Å². The second-order valence-corrected chi connectivity index (χ2v) is 8.67. The number of aromatic nitrogens is 2. The third-order valence-corrected chi connectivity index (χ3v) is 6.21. The van der Waals surface area contributed by atoms with Crippen molar-refractivity contribution in [3.63, 3.8) is 0 Å². The third kappa shape index (κ3) is 5.58. The van der Waals surface area contributed by atoms with E-state index in [1.165, 1.54) is 6.20 Å². The Labute approximate surface area is 245 Å². The molecule has 3 aromatic heterocycles. The second-order valence-electron chi connectivity index (χ2n) is 8.67. The molecule has 0 aliphatic heterocycles. The van der Waals surface area contributed by atoms with Crippen molar-refractivity contribution >= 4 is 21.9 Å². The summed E-state index contributed by atoms with van der Waals surface area (Å²) >= 11 is 0. The molecule has 0 spiro atoms. The molecule has 0 unspecified atom stereocenters. The number of pyridine rings is 2. The summed E-state index contributed by atoms with van der Waals surface area (Å²) in [5.41, 5.74) is 7.60. The number of hydrogen-bond donors (Lipinski definition) is 0. The molecule has 0 aliphatic carbocycles. The van der Waals surface area contributed by atoms with Crippen LogP contribution in [0.5, 0.6) is 0 Å². The molecule has 39 heavy (non-hydrogen) atoms. The zero-order valence-electron chi connectivity index (χ0n) is 23.8. The maximum Gasteiger partial charge on any atom is 0.128 e. The molecule has 7 aromatic rings. The van der Waals surface area contributed by atoms with E-state index in [-0.39, 0.29) is 25.7 Å². The normalized spacial score (nSPS) is 11.9. The quantitative estimate of drug-likeness (QED) is 0.175. The Hall–Kier alpha value is -4.37. The fraction of sp³-hybridized carbons (Fsp3) is 0.0286. The van der Waals surface area contributed by atoms with Gasteiger partial charge in [0, 0.05) is 47.6 Å². The molecule has 0 aliphatic rings. The summed E-state index contributed by atoms with van der Waals surface area (Å²) < 4.78 is 28.1. The zero-order chi connectivity index (χ0) is 28.2. The van der Waals surface area contributed by atoms with Gasteiger partial charge in [-0.25, -0.2) is 0 Å². The van der Waals surface area contributed by atoms with Gasteiger partial charge in [-0.05, 0) is 35.4 Å². The average Bonchev–Trinajstić information content (AvgIpc) is 3.42. The van der Waals surface area contributed by atoms with E-state index in [9.17, 15) is 0 Å². The number of para-hydroxylation sites is 1. The van der Waals surface area contributed by atoms with E-state index in [4.69, 9.17) is 8.53 Å². The maximum absolute atomic E-state index is 7.23. The molecule has 0 bridgehead atoms. The van der Waals surface area contributed by atoms with Gasteiger partial charge < -0.3 is 14.4 Å². The van der Waals surface area contributed by atoms with Gasteiger partial charge in [0.15, 0.2) is 0 Å². The standard InChI is InChI=1S/C23H14NO.C12H10N.Ir/c1-2-8-16(9-3-1)17-10-6-11-18-19-12-7-13-20(23(19)25-22(17)18)21-14-4-5-15-24-21;1-10-7-8-12(13-9-10)11-5-3-2-4-6-11;/h1-12,14-15H;2-5,7-9H,1H3;/q2*-1;/i;1D3;. The summed E-state index contributed by atoms with van der Waals surface area (Å²) in [6, 6.07) is 43.6. The van der Waals surface area contributed by atoms with Gasteiger partial charge in [-0.3, -0.25) is 0 Å². The molecular weight excluding hydrogens is 657 g/mol. The number of furan rings is 1. The number of fused-ring (bicyclic) bond motifs is 3. The Morgan fingerprint density at radius 2 is 1.51 bits per heavy atom. The largest absolute Gasteiger partial charge is 0.500 e. The van der Waals surface area contributed by atoms with E-state index in [1.807, 2.05) is 60.7 Å². The summed E-state index contributed by atoms with van der Waals surface area (Å²) in [4.78, 5) is 8.58. The SMILES string of the molecule is [2H]C([2H])([2H])c1ccc(-c2[c-]cccc2)nc1.[Ir].[c-]1ccc2c(oc3c(-c4ccccc4)cccc32)c1-c1ccccn1. The molecule has 0 saturated heterocycles. The van der Waals surface area contributed by atoms with Crippen LogP contribution in [0, 0.1) is 19.0 Å². The molecule has 0 amide bonds. The van der Waals surface area contributed by atoms with E-state index in [0.717, 1.165) is 55.6 Å². The van der Waals surface area contributed by atoms with Gasteiger partial charge in [-0.2, -0.15) is 0 Å². The minimum Gasteiger partial charge on any atom is -0.500 e. The number of hydrogen-bond acceptors (Lipinski definition) is 3. The predicted molar refractivity (Wildman–Crippen MR) is 154 cm³/mol. The van der Waals surface area contributed by atoms with E-state index in [2.05, 4.69) is 58.5 Å². The number of benzene rings is 4. The van der Waals surface area contributed by atoms with Crippen LogP contribution < -0.4 is 0 Å². The van der Waals surface area contributed by atoms with Crippen LogP contribution in [0.1, 0.15) is 9.68 Å². The fourth-order valence-electron chi connectivity index (χ4n) is 4.42. The number of rotatable bonds is 3. The molecular formula is C35H24IrN2O-2. The Morgan fingerprint density at radius 1 is 0.667 bits per heavy atom. The Bertz CT molecular complexity index is 1810. The molecule has 0 fully saturated rings. The first kappa shape index (κ1) is 22.6. The molecule has 3 nitrogen and oxygen atoms in total. The first-order valence-electron chi connectivity index (χ1n) is 13.8. The summed E-state index contributed by atoms with van der Waals surface area (Å²) in [5.74, 6) is 0. The molecule has 0 saturated carbocycles. The van der Waals surface area contributed by atoms with Crippen molar-refractivity contribution in [3.05, 3.63) is 145 Å². The fourth-order valence-corrected chi connectivity index (χ4v) is 4.42. The summed E-state index contributed by atoms with van der Waals surface area (Å²) in [7, 11) is 0. The predicted octanol–water partition coefficient (Wildman–Crippen LogP) is 8.97. The smallest absolute Gasteiger partial charge is 0.128 e. The minimum absolute atomic E-state index is 0. The molecule has 7 rings (SSSR count). The first-order chi connectivity index (χ1) is 20.0. The average molecular weight is 684 g/mol. The van der Waals surface area contributed by atoms with Gasteiger partial charge in [0.05, 0.1) is 5.58 Å². The zero-order valence-corrected chi connectivity index (χ0v) is 23.2. The topological polar surface area (TPSA) is 38.9 Å². The summed E-state index contributed by atoms with van der Waals surface area (Å²) in [6.07, 6.45) is 3.18.